The fourth-order valence-corrected chi connectivity index (χ4v) is 9.48. The number of carbonyl (C=O) groups is 3. The number of carbonyl (C=O) groups excluding carboxylic acids is 1. The van der Waals surface area contributed by atoms with Crippen molar-refractivity contribution in [2.75, 3.05) is 48.3 Å². The van der Waals surface area contributed by atoms with Crippen LogP contribution in [0.15, 0.2) is 71.2 Å². The molecule has 0 aromatic heterocycles. The number of anilines is 2. The lowest BCUT2D eigenvalue weighted by atomic mass is 9.76. The van der Waals surface area contributed by atoms with Gasteiger partial charge in [-0.2, -0.15) is 16.8 Å². The zero-order chi connectivity index (χ0) is 45.6. The van der Waals surface area contributed by atoms with Gasteiger partial charge < -0.3 is 26.0 Å². The van der Waals surface area contributed by atoms with Crippen LogP contribution in [0.5, 0.6) is 0 Å². The van der Waals surface area contributed by atoms with E-state index in [9.17, 15) is 36.3 Å². The van der Waals surface area contributed by atoms with Crippen LogP contribution in [0.2, 0.25) is 0 Å². The standard InChI is InChI=1S/C44H60N4O12S2/c1-43(2)33-23-29(27-47(19-9-11-39(49)50)17-5-7-21-61(55,56)57)13-15-35(33)45-37(43)25-31-41(53)32(42(31)54)26-38-44(3,4)34-24-30(14-16-36(34)46-38)28-48(20-10-12-40(51)52)18-6-8-22-62(58,59)60/h13-16,23-26,37,45-46,53H,5-12,17-22,27-28H2,1-4H3,(H,49,50)(H,51,52)(H,55,56,57)(H,58,59,60). The first-order valence-corrected chi connectivity index (χ1v) is 24.2. The van der Waals surface area contributed by atoms with Gasteiger partial charge in [0.25, 0.3) is 20.2 Å². The third-order valence-electron chi connectivity index (χ3n) is 12.0. The van der Waals surface area contributed by atoms with Crippen molar-refractivity contribution >= 4 is 49.3 Å². The molecule has 0 saturated carbocycles. The predicted octanol–water partition coefficient (Wildman–Crippen LogP) is 6.04. The number of hydrogen-bond donors (Lipinski definition) is 7. The van der Waals surface area contributed by atoms with Crippen LogP contribution in [0.25, 0.3) is 0 Å². The molecule has 340 valence electrons. The van der Waals surface area contributed by atoms with Gasteiger partial charge in [0.2, 0.25) is 0 Å². The largest absolute Gasteiger partial charge is 0.506 e. The molecule has 0 fully saturated rings. The molecule has 5 rings (SSSR count). The van der Waals surface area contributed by atoms with Crippen molar-refractivity contribution in [3.05, 3.63) is 93.4 Å². The van der Waals surface area contributed by atoms with Crippen LogP contribution in [0.3, 0.4) is 0 Å². The van der Waals surface area contributed by atoms with Crippen molar-refractivity contribution in [3.8, 4) is 0 Å². The van der Waals surface area contributed by atoms with Crippen molar-refractivity contribution in [1.82, 2.24) is 9.80 Å². The summed E-state index contributed by atoms with van der Waals surface area (Å²) >= 11 is 0. The van der Waals surface area contributed by atoms with Gasteiger partial charge in [-0.3, -0.25) is 33.3 Å². The van der Waals surface area contributed by atoms with E-state index in [4.69, 9.17) is 19.3 Å². The number of nitrogens with one attached hydrogen (secondary N) is 2. The molecule has 2 aromatic carbocycles. The van der Waals surface area contributed by atoms with Crippen LogP contribution in [0.4, 0.5) is 11.4 Å². The molecule has 16 nitrogen and oxygen atoms in total. The lowest BCUT2D eigenvalue weighted by Crippen LogP contribution is -2.34. The number of fused-ring (bicyclic) bond motifs is 2. The monoisotopic (exact) mass is 900 g/mol. The average Bonchev–Trinajstić information content (AvgIpc) is 3.57. The highest BCUT2D eigenvalue weighted by Gasteiger charge is 2.43. The van der Waals surface area contributed by atoms with Gasteiger partial charge in [0, 0.05) is 53.8 Å². The molecule has 0 spiro atoms. The van der Waals surface area contributed by atoms with Crippen molar-refractivity contribution in [3.63, 3.8) is 0 Å². The van der Waals surface area contributed by atoms with E-state index in [1.807, 2.05) is 38.1 Å². The zero-order valence-electron chi connectivity index (χ0n) is 35.8. The first kappa shape index (κ1) is 48.4. The second kappa shape index (κ2) is 19.8. The number of ketones is 1. The topological polar surface area (TPSA) is 251 Å². The van der Waals surface area contributed by atoms with Crippen LogP contribution in [0.1, 0.15) is 101 Å². The van der Waals surface area contributed by atoms with Crippen molar-refractivity contribution in [2.45, 2.75) is 109 Å². The third kappa shape index (κ3) is 12.8. The number of benzene rings is 2. The lowest BCUT2D eigenvalue weighted by molar-refractivity contribution is -0.138. The minimum absolute atomic E-state index is 0.00626. The minimum atomic E-state index is -4.07. The van der Waals surface area contributed by atoms with Crippen LogP contribution in [0, 0.1) is 0 Å². The maximum Gasteiger partial charge on any atom is 0.303 e. The van der Waals surface area contributed by atoms with Gasteiger partial charge in [-0.05, 0) is 111 Å². The van der Waals surface area contributed by atoms with E-state index >= 15 is 0 Å². The minimum Gasteiger partial charge on any atom is -0.506 e. The van der Waals surface area contributed by atoms with E-state index in [-0.39, 0.29) is 65.9 Å². The summed E-state index contributed by atoms with van der Waals surface area (Å²) in [6, 6.07) is 11.7. The molecule has 62 heavy (non-hydrogen) atoms. The molecular formula is C44H60N4O12S2. The molecule has 2 aromatic rings. The Morgan fingerprint density at radius 2 is 1.21 bits per heavy atom. The Balaban J connectivity index is 1.27. The number of aliphatic carboxylic acids is 2. The predicted molar refractivity (Wildman–Crippen MR) is 236 cm³/mol. The summed E-state index contributed by atoms with van der Waals surface area (Å²) < 4.78 is 63.0. The quantitative estimate of drug-likeness (QED) is 0.0361. The maximum atomic E-state index is 13.7. The zero-order valence-corrected chi connectivity index (χ0v) is 37.4. The van der Waals surface area contributed by atoms with E-state index in [0.717, 1.165) is 39.3 Å². The molecule has 0 saturated heterocycles. The number of aliphatic hydroxyl groups excluding tert-OH is 1. The molecule has 1 unspecified atom stereocenters. The fourth-order valence-electron chi connectivity index (χ4n) is 8.34. The number of Topliss-reactive ketones (excluding diaryl/α,β-unsaturated/α-hetero) is 1. The second-order valence-electron chi connectivity index (χ2n) is 17.6. The first-order valence-electron chi connectivity index (χ1n) is 21.0. The van der Waals surface area contributed by atoms with E-state index in [2.05, 4.69) is 46.4 Å². The van der Waals surface area contributed by atoms with Crippen LogP contribution < -0.4 is 10.6 Å². The number of nitrogens with zero attached hydrogens (tertiary/aromatic N) is 2. The molecule has 1 atom stereocenters. The molecule has 0 bridgehead atoms. The Morgan fingerprint density at radius 1 is 0.726 bits per heavy atom. The van der Waals surface area contributed by atoms with Gasteiger partial charge in [0.05, 0.1) is 28.7 Å². The summed E-state index contributed by atoms with van der Waals surface area (Å²) in [7, 11) is -8.13. The van der Waals surface area contributed by atoms with Crippen molar-refractivity contribution in [2.24, 2.45) is 0 Å². The number of rotatable bonds is 24. The molecular weight excluding hydrogens is 841 g/mol. The Bertz CT molecular complexity index is 2350. The highest BCUT2D eigenvalue weighted by atomic mass is 32.2. The molecule has 7 N–H and O–H groups in total. The average molecular weight is 901 g/mol. The highest BCUT2D eigenvalue weighted by Crippen LogP contribution is 2.47. The molecule has 2 heterocycles. The second-order valence-corrected chi connectivity index (χ2v) is 20.8. The van der Waals surface area contributed by atoms with Gasteiger partial charge in [0.1, 0.15) is 5.76 Å². The van der Waals surface area contributed by atoms with E-state index in [1.165, 1.54) is 0 Å². The van der Waals surface area contributed by atoms with E-state index in [0.29, 0.717) is 65.0 Å². The summed E-state index contributed by atoms with van der Waals surface area (Å²) in [5.74, 6) is -2.83. The van der Waals surface area contributed by atoms with E-state index in [1.54, 1.807) is 12.2 Å². The number of hydrogen-bond acceptors (Lipinski definition) is 12. The summed E-state index contributed by atoms with van der Waals surface area (Å²) in [6.07, 6.45) is 5.91. The van der Waals surface area contributed by atoms with Crippen molar-refractivity contribution in [1.29, 1.82) is 0 Å². The normalized spacial score (nSPS) is 19.2. The van der Waals surface area contributed by atoms with E-state index < -0.39 is 43.0 Å². The summed E-state index contributed by atoms with van der Waals surface area (Å²) in [5, 5.41) is 36.5. The molecule has 0 radical (unpaired) electrons. The third-order valence-corrected chi connectivity index (χ3v) is 13.6. The van der Waals surface area contributed by atoms with Gasteiger partial charge in [-0.1, -0.05) is 52.0 Å². The Kier molecular flexibility index (Phi) is 15.5. The van der Waals surface area contributed by atoms with Gasteiger partial charge in [-0.15, -0.1) is 0 Å². The lowest BCUT2D eigenvalue weighted by Gasteiger charge is -2.29. The van der Waals surface area contributed by atoms with Crippen molar-refractivity contribution < 1.29 is 55.6 Å². The van der Waals surface area contributed by atoms with Gasteiger partial charge in [-0.25, -0.2) is 0 Å². The Morgan fingerprint density at radius 3 is 1.69 bits per heavy atom. The fraction of sp³-hybridized carbons (Fsp3) is 0.523. The molecule has 1 aliphatic carbocycles. The molecule has 18 heteroatoms. The smallest absolute Gasteiger partial charge is 0.303 e. The number of unbranched alkanes of at least 4 members (excludes halogenated alkanes) is 2. The number of aliphatic hydroxyl groups is 1. The van der Waals surface area contributed by atoms with Gasteiger partial charge in [0.15, 0.2) is 5.78 Å². The molecule has 2 aliphatic heterocycles. The Labute approximate surface area is 364 Å². The summed E-state index contributed by atoms with van der Waals surface area (Å²) in [4.78, 5) is 40.2. The number of allylic oxidation sites excluding steroid dienone is 4. The summed E-state index contributed by atoms with van der Waals surface area (Å²) in [5.41, 5.74) is 5.79. The highest BCUT2D eigenvalue weighted by molar-refractivity contribution is 7.86. The number of carboxylic acid groups (broad SMARTS) is 2. The number of carboxylic acids is 2. The van der Waals surface area contributed by atoms with Gasteiger partial charge >= 0.3 is 11.9 Å². The Hall–Kier alpha value is -4.59. The first-order chi connectivity index (χ1) is 28.9. The maximum absolute atomic E-state index is 13.7. The SMILES string of the molecule is CC1(C)C(=CC2=C(O)C(=CC3Nc4ccc(CN(CCCCS(=O)(=O)O)CCCC(=O)O)cc4C3(C)C)C2=O)Nc2ccc(CN(CCCCS(=O)(=O)O)CCCC(=O)O)cc21. The van der Waals surface area contributed by atoms with Crippen LogP contribution in [-0.4, -0.2) is 113 Å². The molecule has 0 amide bonds. The van der Waals surface area contributed by atoms with Crippen LogP contribution >= 0.6 is 0 Å². The molecule has 3 aliphatic rings. The van der Waals surface area contributed by atoms with Crippen LogP contribution in [-0.2, 0) is 58.5 Å². The summed E-state index contributed by atoms with van der Waals surface area (Å²) in [6.45, 7) is 11.2.